The molecular formula is C12H10Cl2N2. The van der Waals surface area contributed by atoms with Crippen LogP contribution < -0.4 is 5.73 Å². The lowest BCUT2D eigenvalue weighted by molar-refractivity contribution is 1.05. The fourth-order valence-electron chi connectivity index (χ4n) is 1.93. The summed E-state index contributed by atoms with van der Waals surface area (Å²) in [5, 5.41) is 1.96. The standard InChI is InChI=1S/C12H10Cl2N2/c13-7-3-8(14)12-9(15)5-10(6-1-2-6)16-11(12)4-7/h3-6H,1-2H2,(H2,15,16). The van der Waals surface area contributed by atoms with Gasteiger partial charge in [0.2, 0.25) is 0 Å². The molecule has 82 valence electrons. The van der Waals surface area contributed by atoms with Crippen LogP contribution in [0.3, 0.4) is 0 Å². The molecule has 2 N–H and O–H groups in total. The Balaban J connectivity index is 2.32. The van der Waals surface area contributed by atoms with E-state index < -0.39 is 0 Å². The van der Waals surface area contributed by atoms with Gasteiger partial charge in [-0.25, -0.2) is 0 Å². The van der Waals surface area contributed by atoms with Gasteiger partial charge in [0.25, 0.3) is 0 Å². The lowest BCUT2D eigenvalue weighted by atomic mass is 10.1. The molecule has 1 aliphatic carbocycles. The summed E-state index contributed by atoms with van der Waals surface area (Å²) in [5.41, 5.74) is 8.54. The van der Waals surface area contributed by atoms with Crippen molar-refractivity contribution in [2.45, 2.75) is 18.8 Å². The molecule has 16 heavy (non-hydrogen) atoms. The van der Waals surface area contributed by atoms with Gasteiger partial charge in [0.15, 0.2) is 0 Å². The molecule has 2 nitrogen and oxygen atoms in total. The molecule has 0 aliphatic heterocycles. The van der Waals surface area contributed by atoms with Crippen LogP contribution in [0.1, 0.15) is 24.5 Å². The number of hydrogen-bond donors (Lipinski definition) is 1. The van der Waals surface area contributed by atoms with Gasteiger partial charge in [-0.2, -0.15) is 0 Å². The predicted octanol–water partition coefficient (Wildman–Crippen LogP) is 4.00. The van der Waals surface area contributed by atoms with Crippen LogP contribution in [-0.2, 0) is 0 Å². The largest absolute Gasteiger partial charge is 0.398 e. The summed E-state index contributed by atoms with van der Waals surface area (Å²) in [6, 6.07) is 5.44. The first-order valence-corrected chi connectivity index (χ1v) is 5.96. The van der Waals surface area contributed by atoms with E-state index in [1.54, 1.807) is 6.07 Å². The van der Waals surface area contributed by atoms with E-state index in [9.17, 15) is 0 Å². The van der Waals surface area contributed by atoms with E-state index in [1.165, 1.54) is 12.8 Å². The van der Waals surface area contributed by atoms with Crippen LogP contribution in [0.4, 0.5) is 5.69 Å². The molecule has 1 aromatic carbocycles. The summed E-state index contributed by atoms with van der Waals surface area (Å²) in [6.07, 6.45) is 2.40. The molecule has 0 saturated heterocycles. The van der Waals surface area contributed by atoms with E-state index in [4.69, 9.17) is 28.9 Å². The molecule has 3 rings (SSSR count). The molecule has 0 bridgehead atoms. The van der Waals surface area contributed by atoms with Crippen molar-refractivity contribution < 1.29 is 0 Å². The highest BCUT2D eigenvalue weighted by Crippen LogP contribution is 2.41. The maximum Gasteiger partial charge on any atom is 0.0756 e. The summed E-state index contributed by atoms with van der Waals surface area (Å²) < 4.78 is 0. The number of benzene rings is 1. The highest BCUT2D eigenvalue weighted by molar-refractivity contribution is 6.39. The van der Waals surface area contributed by atoms with E-state index in [0.717, 1.165) is 16.6 Å². The Morgan fingerprint density at radius 3 is 2.62 bits per heavy atom. The van der Waals surface area contributed by atoms with E-state index >= 15 is 0 Å². The number of hydrogen-bond acceptors (Lipinski definition) is 2. The Hall–Kier alpha value is -0.990. The maximum atomic E-state index is 6.11. The Morgan fingerprint density at radius 1 is 1.19 bits per heavy atom. The molecule has 2 aromatic rings. The average molecular weight is 253 g/mol. The molecule has 4 heteroatoms. The van der Waals surface area contributed by atoms with Gasteiger partial charge in [0, 0.05) is 27.7 Å². The minimum atomic E-state index is 0.565. The topological polar surface area (TPSA) is 38.9 Å². The van der Waals surface area contributed by atoms with E-state index in [1.807, 2.05) is 12.1 Å². The Kier molecular flexibility index (Phi) is 2.23. The second-order valence-electron chi connectivity index (χ2n) is 4.19. The highest BCUT2D eigenvalue weighted by atomic mass is 35.5. The van der Waals surface area contributed by atoms with E-state index in [0.29, 0.717) is 21.7 Å². The molecule has 1 heterocycles. The van der Waals surface area contributed by atoms with Crippen LogP contribution >= 0.6 is 23.2 Å². The van der Waals surface area contributed by atoms with Crippen molar-refractivity contribution in [3.8, 4) is 0 Å². The summed E-state index contributed by atoms with van der Waals surface area (Å²) >= 11 is 12.1. The molecule has 1 aliphatic rings. The Morgan fingerprint density at radius 2 is 1.94 bits per heavy atom. The van der Waals surface area contributed by atoms with E-state index in [2.05, 4.69) is 4.98 Å². The molecule has 1 aromatic heterocycles. The second kappa shape index (κ2) is 3.51. The van der Waals surface area contributed by atoms with Gasteiger partial charge < -0.3 is 5.73 Å². The average Bonchev–Trinajstić information content (AvgIpc) is 2.97. The first-order valence-electron chi connectivity index (χ1n) is 5.20. The molecule has 0 unspecified atom stereocenters. The monoisotopic (exact) mass is 252 g/mol. The molecule has 0 amide bonds. The highest BCUT2D eigenvalue weighted by Gasteiger charge is 2.26. The molecule has 1 fully saturated rings. The van der Waals surface area contributed by atoms with Gasteiger partial charge in [-0.1, -0.05) is 23.2 Å². The minimum Gasteiger partial charge on any atom is -0.398 e. The van der Waals surface area contributed by atoms with Crippen molar-refractivity contribution in [1.82, 2.24) is 4.98 Å². The van der Waals surface area contributed by atoms with Crippen molar-refractivity contribution in [3.05, 3.63) is 33.9 Å². The summed E-state index contributed by atoms with van der Waals surface area (Å²) in [6.45, 7) is 0. The predicted molar refractivity (Wildman–Crippen MR) is 68.2 cm³/mol. The number of nitrogens with zero attached hydrogens (tertiary/aromatic N) is 1. The van der Waals surface area contributed by atoms with Gasteiger partial charge in [0.1, 0.15) is 0 Å². The van der Waals surface area contributed by atoms with Crippen molar-refractivity contribution in [3.63, 3.8) is 0 Å². The Bertz CT molecular complexity index is 577. The number of halogens is 2. The number of pyridine rings is 1. The third-order valence-corrected chi connectivity index (χ3v) is 3.39. The quantitative estimate of drug-likeness (QED) is 0.834. The maximum absolute atomic E-state index is 6.11. The fourth-order valence-corrected chi connectivity index (χ4v) is 2.52. The molecule has 0 spiro atoms. The summed E-state index contributed by atoms with van der Waals surface area (Å²) in [4.78, 5) is 4.57. The normalized spacial score (nSPS) is 15.6. The van der Waals surface area contributed by atoms with Gasteiger partial charge in [-0.05, 0) is 31.0 Å². The zero-order valence-corrected chi connectivity index (χ0v) is 10.0. The smallest absolute Gasteiger partial charge is 0.0756 e. The van der Waals surface area contributed by atoms with Crippen molar-refractivity contribution in [2.24, 2.45) is 0 Å². The number of nitrogen functional groups attached to an aromatic ring is 1. The Labute approximate surface area is 103 Å². The summed E-state index contributed by atoms with van der Waals surface area (Å²) in [7, 11) is 0. The van der Waals surface area contributed by atoms with Crippen molar-refractivity contribution in [2.75, 3.05) is 5.73 Å². The third-order valence-electron chi connectivity index (χ3n) is 2.87. The van der Waals surface area contributed by atoms with Crippen LogP contribution in [0.25, 0.3) is 10.9 Å². The molecule has 1 saturated carbocycles. The lowest BCUT2D eigenvalue weighted by Crippen LogP contribution is -1.95. The van der Waals surface area contributed by atoms with Crippen LogP contribution in [0.15, 0.2) is 18.2 Å². The number of aromatic nitrogens is 1. The number of anilines is 1. The fraction of sp³-hybridized carbons (Fsp3) is 0.250. The van der Waals surface area contributed by atoms with Crippen LogP contribution in [0.5, 0.6) is 0 Å². The van der Waals surface area contributed by atoms with Gasteiger partial charge in [-0.15, -0.1) is 0 Å². The lowest BCUT2D eigenvalue weighted by Gasteiger charge is -2.07. The zero-order chi connectivity index (χ0) is 11.3. The summed E-state index contributed by atoms with van der Waals surface area (Å²) in [5.74, 6) is 0.574. The molecule has 0 atom stereocenters. The van der Waals surface area contributed by atoms with Gasteiger partial charge >= 0.3 is 0 Å². The van der Waals surface area contributed by atoms with Crippen LogP contribution in [-0.4, -0.2) is 4.98 Å². The number of nitrogens with two attached hydrogens (primary N) is 1. The van der Waals surface area contributed by atoms with E-state index in [-0.39, 0.29) is 0 Å². The minimum absolute atomic E-state index is 0.565. The van der Waals surface area contributed by atoms with Gasteiger partial charge in [0.05, 0.1) is 10.5 Å². The van der Waals surface area contributed by atoms with Crippen LogP contribution in [0.2, 0.25) is 10.0 Å². The molecule has 0 radical (unpaired) electrons. The number of rotatable bonds is 1. The van der Waals surface area contributed by atoms with Gasteiger partial charge in [-0.3, -0.25) is 4.98 Å². The first kappa shape index (κ1) is 10.2. The second-order valence-corrected chi connectivity index (χ2v) is 5.04. The number of fused-ring (bicyclic) bond motifs is 1. The van der Waals surface area contributed by atoms with Crippen LogP contribution in [0, 0.1) is 0 Å². The SMILES string of the molecule is Nc1cc(C2CC2)nc2cc(Cl)cc(Cl)c12. The molecular weight excluding hydrogens is 243 g/mol. The zero-order valence-electron chi connectivity index (χ0n) is 8.50. The first-order chi connectivity index (χ1) is 7.65. The van der Waals surface area contributed by atoms with Crippen molar-refractivity contribution >= 4 is 39.8 Å². The van der Waals surface area contributed by atoms with Crippen molar-refractivity contribution in [1.29, 1.82) is 0 Å². The third kappa shape index (κ3) is 1.62.